The minimum Gasteiger partial charge on any atom is -0.296 e. The molecule has 1 aromatic carbocycles. The van der Waals surface area contributed by atoms with Crippen molar-refractivity contribution in [2.75, 3.05) is 0 Å². The third kappa shape index (κ3) is 3.42. The summed E-state index contributed by atoms with van der Waals surface area (Å²) >= 11 is 0. The number of carbonyl (C=O) groups excluding carboxylic acids is 2. The van der Waals surface area contributed by atoms with Gasteiger partial charge in [0.1, 0.15) is 11.6 Å². The van der Waals surface area contributed by atoms with Crippen LogP contribution in [0, 0.1) is 11.6 Å². The van der Waals surface area contributed by atoms with Crippen molar-refractivity contribution in [3.05, 3.63) is 35.4 Å². The molecule has 1 unspecified atom stereocenters. The van der Waals surface area contributed by atoms with Crippen LogP contribution in [0.2, 0.25) is 0 Å². The molecule has 5 heteroatoms. The Morgan fingerprint density at radius 2 is 1.94 bits per heavy atom. The summed E-state index contributed by atoms with van der Waals surface area (Å²) in [6, 6.07) is 2.14. The maximum atomic E-state index is 13.5. The molecule has 0 N–H and O–H groups in total. The van der Waals surface area contributed by atoms with Crippen LogP contribution in [0.1, 0.15) is 36.5 Å². The number of hydrogen-bond donors (Lipinski definition) is 0. The maximum Gasteiger partial charge on any atom is 0.220 e. The molecule has 0 saturated heterocycles. The highest BCUT2D eigenvalue weighted by atomic mass is 19.1. The molecule has 0 saturated carbocycles. The standard InChI is InChI=1S/C13H13F3O2/c1-2-3-4-11(17)12(16)13(18)9-7-8(14)5-6-10(9)15/h5-7,12H,2-4H2,1H3. The summed E-state index contributed by atoms with van der Waals surface area (Å²) in [4.78, 5) is 22.8. The summed E-state index contributed by atoms with van der Waals surface area (Å²) in [6.07, 6.45) is -1.37. The van der Waals surface area contributed by atoms with E-state index in [1.807, 2.05) is 6.92 Å². The summed E-state index contributed by atoms with van der Waals surface area (Å²) in [7, 11) is 0. The first-order chi connectivity index (χ1) is 8.47. The summed E-state index contributed by atoms with van der Waals surface area (Å²) in [5.41, 5.74) is -0.729. The molecule has 1 rings (SSSR count). The van der Waals surface area contributed by atoms with Gasteiger partial charge in [-0.3, -0.25) is 9.59 Å². The molecule has 0 aliphatic carbocycles. The molecule has 1 aromatic rings. The highest BCUT2D eigenvalue weighted by Crippen LogP contribution is 2.15. The fourth-order valence-corrected chi connectivity index (χ4v) is 1.45. The fourth-order valence-electron chi connectivity index (χ4n) is 1.45. The van der Waals surface area contributed by atoms with Crippen LogP contribution >= 0.6 is 0 Å². The highest BCUT2D eigenvalue weighted by molar-refractivity contribution is 6.13. The SMILES string of the molecule is CCCCC(=O)C(F)C(=O)c1cc(F)ccc1F. The second-order valence-corrected chi connectivity index (χ2v) is 3.92. The van der Waals surface area contributed by atoms with Gasteiger partial charge >= 0.3 is 0 Å². The molecule has 0 spiro atoms. The van der Waals surface area contributed by atoms with Crippen molar-refractivity contribution in [2.45, 2.75) is 32.4 Å². The average Bonchev–Trinajstić information content (AvgIpc) is 2.37. The molecule has 0 aliphatic rings. The Morgan fingerprint density at radius 1 is 1.28 bits per heavy atom. The lowest BCUT2D eigenvalue weighted by Crippen LogP contribution is -2.26. The van der Waals surface area contributed by atoms with E-state index in [1.165, 1.54) is 0 Å². The van der Waals surface area contributed by atoms with Gasteiger partial charge in [-0.05, 0) is 24.6 Å². The first-order valence-corrected chi connectivity index (χ1v) is 5.63. The topological polar surface area (TPSA) is 34.1 Å². The lowest BCUT2D eigenvalue weighted by Gasteiger charge is -2.07. The lowest BCUT2D eigenvalue weighted by atomic mass is 10.0. The zero-order valence-corrected chi connectivity index (χ0v) is 9.88. The fraction of sp³-hybridized carbons (Fsp3) is 0.385. The van der Waals surface area contributed by atoms with Gasteiger partial charge < -0.3 is 0 Å². The molecule has 98 valence electrons. The highest BCUT2D eigenvalue weighted by Gasteiger charge is 2.28. The Balaban J connectivity index is 2.86. The number of halogens is 3. The molecule has 18 heavy (non-hydrogen) atoms. The summed E-state index contributed by atoms with van der Waals surface area (Å²) < 4.78 is 39.6. The number of rotatable bonds is 6. The van der Waals surface area contributed by atoms with Crippen molar-refractivity contribution in [3.8, 4) is 0 Å². The van der Waals surface area contributed by atoms with E-state index < -0.39 is 34.9 Å². The van der Waals surface area contributed by atoms with Crippen LogP contribution in [-0.2, 0) is 4.79 Å². The van der Waals surface area contributed by atoms with Crippen LogP contribution in [-0.4, -0.2) is 17.7 Å². The molecule has 0 heterocycles. The molecule has 0 amide bonds. The van der Waals surface area contributed by atoms with Crippen LogP contribution in [0.15, 0.2) is 18.2 Å². The molecule has 0 fully saturated rings. The van der Waals surface area contributed by atoms with E-state index in [-0.39, 0.29) is 6.42 Å². The predicted octanol–water partition coefficient (Wildman–Crippen LogP) is 3.24. The quantitative estimate of drug-likeness (QED) is 0.579. The third-order valence-electron chi connectivity index (χ3n) is 2.48. The Morgan fingerprint density at radius 3 is 2.56 bits per heavy atom. The molecule has 0 aromatic heterocycles. The van der Waals surface area contributed by atoms with Crippen molar-refractivity contribution in [1.29, 1.82) is 0 Å². The molecule has 1 atom stereocenters. The van der Waals surface area contributed by atoms with Gasteiger partial charge in [-0.25, -0.2) is 13.2 Å². The van der Waals surface area contributed by atoms with E-state index in [9.17, 15) is 22.8 Å². The summed E-state index contributed by atoms with van der Waals surface area (Å²) in [5.74, 6) is -4.11. The second kappa shape index (κ2) is 6.33. The summed E-state index contributed by atoms with van der Waals surface area (Å²) in [6.45, 7) is 1.81. The Hall–Kier alpha value is -1.65. The number of unbranched alkanes of at least 4 members (excludes halogenated alkanes) is 1. The minimum atomic E-state index is -2.42. The van der Waals surface area contributed by atoms with E-state index in [4.69, 9.17) is 0 Å². The number of ketones is 2. The van der Waals surface area contributed by atoms with Crippen molar-refractivity contribution in [3.63, 3.8) is 0 Å². The smallest absolute Gasteiger partial charge is 0.220 e. The Bertz CT molecular complexity index is 458. The van der Waals surface area contributed by atoms with Gasteiger partial charge in [0.05, 0.1) is 5.56 Å². The van der Waals surface area contributed by atoms with Gasteiger partial charge in [0.2, 0.25) is 12.0 Å². The minimum absolute atomic E-state index is 0.0830. The molecular weight excluding hydrogens is 245 g/mol. The van der Waals surface area contributed by atoms with Crippen LogP contribution < -0.4 is 0 Å². The van der Waals surface area contributed by atoms with E-state index in [2.05, 4.69) is 0 Å². The number of Topliss-reactive ketones (excluding diaryl/α,β-unsaturated/α-hetero) is 2. The van der Waals surface area contributed by atoms with Crippen molar-refractivity contribution < 1.29 is 22.8 Å². The van der Waals surface area contributed by atoms with Gasteiger partial charge in [-0.1, -0.05) is 13.3 Å². The first kappa shape index (κ1) is 14.4. The van der Waals surface area contributed by atoms with E-state index in [0.717, 1.165) is 12.1 Å². The van der Waals surface area contributed by atoms with Crippen molar-refractivity contribution in [2.24, 2.45) is 0 Å². The van der Waals surface area contributed by atoms with Gasteiger partial charge in [0.15, 0.2) is 5.78 Å². The van der Waals surface area contributed by atoms with Crippen molar-refractivity contribution >= 4 is 11.6 Å². The average molecular weight is 258 g/mol. The number of carbonyl (C=O) groups is 2. The van der Waals surface area contributed by atoms with E-state index in [0.29, 0.717) is 18.9 Å². The zero-order valence-electron chi connectivity index (χ0n) is 9.88. The normalized spacial score (nSPS) is 12.2. The molecule has 0 bridgehead atoms. The monoisotopic (exact) mass is 258 g/mol. The van der Waals surface area contributed by atoms with Crippen LogP contribution in [0.3, 0.4) is 0 Å². The molecule has 2 nitrogen and oxygen atoms in total. The van der Waals surface area contributed by atoms with Gasteiger partial charge in [-0.2, -0.15) is 0 Å². The van der Waals surface area contributed by atoms with Crippen LogP contribution in [0.5, 0.6) is 0 Å². The predicted molar refractivity (Wildman–Crippen MR) is 60.1 cm³/mol. The van der Waals surface area contributed by atoms with Crippen LogP contribution in [0.25, 0.3) is 0 Å². The number of hydrogen-bond acceptors (Lipinski definition) is 2. The van der Waals surface area contributed by atoms with Gasteiger partial charge in [0, 0.05) is 6.42 Å². The second-order valence-electron chi connectivity index (χ2n) is 3.92. The maximum absolute atomic E-state index is 13.5. The lowest BCUT2D eigenvalue weighted by molar-refractivity contribution is -0.122. The van der Waals surface area contributed by atoms with Gasteiger partial charge in [-0.15, -0.1) is 0 Å². The van der Waals surface area contributed by atoms with Crippen molar-refractivity contribution in [1.82, 2.24) is 0 Å². The van der Waals surface area contributed by atoms with Crippen LogP contribution in [0.4, 0.5) is 13.2 Å². The number of alkyl halides is 1. The summed E-state index contributed by atoms with van der Waals surface area (Å²) in [5, 5.41) is 0. The molecule has 0 radical (unpaired) electrons. The third-order valence-corrected chi connectivity index (χ3v) is 2.48. The molecular formula is C13H13F3O2. The largest absolute Gasteiger partial charge is 0.296 e. The van der Waals surface area contributed by atoms with Gasteiger partial charge in [0.25, 0.3) is 0 Å². The zero-order chi connectivity index (χ0) is 13.7. The van der Waals surface area contributed by atoms with E-state index in [1.54, 1.807) is 0 Å². The number of benzene rings is 1. The first-order valence-electron chi connectivity index (χ1n) is 5.63. The molecule has 0 aliphatic heterocycles. The van der Waals surface area contributed by atoms with E-state index >= 15 is 0 Å². The Labute approximate surface area is 103 Å². The Kier molecular flexibility index (Phi) is 5.07.